The van der Waals surface area contributed by atoms with Crippen LogP contribution in [0.5, 0.6) is 0 Å². The first-order chi connectivity index (χ1) is 10.5. The molecular weight excluding hydrogens is 282 g/mol. The number of carboxylic acids is 1. The lowest BCUT2D eigenvalue weighted by Crippen LogP contribution is -2.10. The molecular formula is C16H13N3O3. The van der Waals surface area contributed by atoms with Crippen LogP contribution in [0.15, 0.2) is 48.7 Å². The number of amides is 1. The molecule has 3 aromatic rings. The molecule has 1 heterocycles. The monoisotopic (exact) mass is 295 g/mol. The molecule has 0 fully saturated rings. The number of benzene rings is 2. The summed E-state index contributed by atoms with van der Waals surface area (Å²) in [6.07, 6.45) is 1.64. The summed E-state index contributed by atoms with van der Waals surface area (Å²) < 4.78 is 1.78. The molecule has 0 atom stereocenters. The number of hydrogen-bond acceptors (Lipinski definition) is 3. The summed E-state index contributed by atoms with van der Waals surface area (Å²) in [7, 11) is 0. The lowest BCUT2D eigenvalue weighted by Gasteiger charge is -2.05. The van der Waals surface area contributed by atoms with Crippen molar-refractivity contribution >= 4 is 22.8 Å². The number of aromatic carboxylic acids is 1. The van der Waals surface area contributed by atoms with Crippen molar-refractivity contribution in [3.05, 3.63) is 65.4 Å². The molecule has 0 aliphatic carbocycles. The van der Waals surface area contributed by atoms with E-state index in [1.54, 1.807) is 41.2 Å². The molecule has 0 spiro atoms. The fraction of sp³-hybridized carbons (Fsp3) is 0.0625. The Kier molecular flexibility index (Phi) is 3.34. The highest BCUT2D eigenvalue weighted by Gasteiger charge is 2.08. The van der Waals surface area contributed by atoms with Gasteiger partial charge in [0, 0.05) is 10.9 Å². The average Bonchev–Trinajstić information content (AvgIpc) is 2.90. The normalized spacial score (nSPS) is 10.7. The van der Waals surface area contributed by atoms with Crippen LogP contribution in [0.3, 0.4) is 0 Å². The van der Waals surface area contributed by atoms with Gasteiger partial charge < -0.3 is 10.8 Å². The third kappa shape index (κ3) is 2.54. The number of aromatic nitrogens is 2. The Morgan fingerprint density at radius 3 is 2.41 bits per heavy atom. The number of fused-ring (bicyclic) bond motifs is 1. The number of carbonyl (C=O) groups is 2. The van der Waals surface area contributed by atoms with Crippen molar-refractivity contribution in [2.75, 3.05) is 0 Å². The largest absolute Gasteiger partial charge is 0.478 e. The van der Waals surface area contributed by atoms with E-state index in [2.05, 4.69) is 5.10 Å². The maximum Gasteiger partial charge on any atom is 0.335 e. The highest BCUT2D eigenvalue weighted by molar-refractivity contribution is 5.93. The van der Waals surface area contributed by atoms with Crippen LogP contribution in [0.1, 0.15) is 26.3 Å². The minimum absolute atomic E-state index is 0.234. The molecule has 3 N–H and O–H groups in total. The second kappa shape index (κ2) is 5.33. The lowest BCUT2D eigenvalue weighted by molar-refractivity contribution is 0.0697. The van der Waals surface area contributed by atoms with Gasteiger partial charge in [-0.05, 0) is 35.9 Å². The van der Waals surface area contributed by atoms with Crippen LogP contribution < -0.4 is 5.73 Å². The van der Waals surface area contributed by atoms with Gasteiger partial charge in [0.15, 0.2) is 0 Å². The van der Waals surface area contributed by atoms with Crippen molar-refractivity contribution in [3.8, 4) is 0 Å². The van der Waals surface area contributed by atoms with Crippen LogP contribution in [-0.2, 0) is 6.54 Å². The molecule has 0 bridgehead atoms. The predicted molar refractivity (Wildman–Crippen MR) is 80.8 cm³/mol. The minimum atomic E-state index is -0.961. The number of carboxylic acid groups (broad SMARTS) is 1. The summed E-state index contributed by atoms with van der Waals surface area (Å²) in [4.78, 5) is 22.0. The zero-order valence-corrected chi connectivity index (χ0v) is 11.6. The minimum Gasteiger partial charge on any atom is -0.478 e. The van der Waals surface area contributed by atoms with E-state index < -0.39 is 11.9 Å². The fourth-order valence-electron chi connectivity index (χ4n) is 2.29. The molecule has 6 nitrogen and oxygen atoms in total. The van der Waals surface area contributed by atoms with Crippen molar-refractivity contribution in [2.24, 2.45) is 5.73 Å². The van der Waals surface area contributed by atoms with Gasteiger partial charge in [-0.15, -0.1) is 0 Å². The van der Waals surface area contributed by atoms with Crippen LogP contribution in [0.2, 0.25) is 0 Å². The molecule has 0 aliphatic heterocycles. The number of rotatable bonds is 4. The van der Waals surface area contributed by atoms with Crippen molar-refractivity contribution in [1.29, 1.82) is 0 Å². The maximum atomic E-state index is 11.0. The molecule has 110 valence electrons. The van der Waals surface area contributed by atoms with Crippen molar-refractivity contribution in [3.63, 3.8) is 0 Å². The van der Waals surface area contributed by atoms with E-state index in [1.807, 2.05) is 12.1 Å². The van der Waals surface area contributed by atoms with Crippen molar-refractivity contribution < 1.29 is 14.7 Å². The smallest absolute Gasteiger partial charge is 0.335 e. The summed E-state index contributed by atoms with van der Waals surface area (Å²) in [6.45, 7) is 0.523. The molecule has 6 heteroatoms. The molecule has 22 heavy (non-hydrogen) atoms. The van der Waals surface area contributed by atoms with Crippen LogP contribution in [0.25, 0.3) is 10.9 Å². The van der Waals surface area contributed by atoms with Gasteiger partial charge >= 0.3 is 5.97 Å². The Balaban J connectivity index is 1.90. The van der Waals surface area contributed by atoms with Crippen LogP contribution >= 0.6 is 0 Å². The topological polar surface area (TPSA) is 98.2 Å². The number of carbonyl (C=O) groups excluding carboxylic acids is 1. The van der Waals surface area contributed by atoms with Gasteiger partial charge in [-0.1, -0.05) is 12.1 Å². The van der Waals surface area contributed by atoms with Crippen molar-refractivity contribution in [2.45, 2.75) is 6.54 Å². The lowest BCUT2D eigenvalue weighted by atomic mass is 10.1. The predicted octanol–water partition coefficient (Wildman–Crippen LogP) is 1.88. The van der Waals surface area contributed by atoms with Gasteiger partial charge in [-0.2, -0.15) is 5.10 Å². The zero-order chi connectivity index (χ0) is 15.7. The van der Waals surface area contributed by atoms with Crippen LogP contribution in [0.4, 0.5) is 0 Å². The molecule has 0 radical (unpaired) electrons. The van der Waals surface area contributed by atoms with Gasteiger partial charge in [-0.3, -0.25) is 9.48 Å². The van der Waals surface area contributed by atoms with E-state index in [9.17, 15) is 9.59 Å². The Bertz CT molecular complexity index is 866. The maximum absolute atomic E-state index is 11.0. The number of hydrogen-bond donors (Lipinski definition) is 2. The third-order valence-corrected chi connectivity index (χ3v) is 3.46. The SMILES string of the molecule is NC(=O)c1ccc(Cn2ncc3cc(C(=O)O)ccc32)cc1. The Labute approximate surface area is 125 Å². The summed E-state index contributed by atoms with van der Waals surface area (Å²) >= 11 is 0. The summed E-state index contributed by atoms with van der Waals surface area (Å²) in [5.41, 5.74) is 7.72. The first-order valence-corrected chi connectivity index (χ1v) is 6.62. The van der Waals surface area contributed by atoms with E-state index in [4.69, 9.17) is 10.8 Å². The number of primary amides is 1. The Morgan fingerprint density at radius 2 is 1.77 bits per heavy atom. The molecule has 0 saturated carbocycles. The van der Waals surface area contributed by atoms with Gasteiger partial charge in [0.05, 0.1) is 23.8 Å². The van der Waals surface area contributed by atoms with E-state index in [1.165, 1.54) is 0 Å². The fourth-order valence-corrected chi connectivity index (χ4v) is 2.29. The molecule has 2 aromatic carbocycles. The first kappa shape index (κ1) is 13.8. The second-order valence-electron chi connectivity index (χ2n) is 4.94. The third-order valence-electron chi connectivity index (χ3n) is 3.46. The van der Waals surface area contributed by atoms with Crippen molar-refractivity contribution in [1.82, 2.24) is 9.78 Å². The quantitative estimate of drug-likeness (QED) is 0.767. The number of nitrogens with two attached hydrogens (primary N) is 1. The Morgan fingerprint density at radius 1 is 1.09 bits per heavy atom. The van der Waals surface area contributed by atoms with Gasteiger partial charge in [0.25, 0.3) is 0 Å². The van der Waals surface area contributed by atoms with E-state index >= 15 is 0 Å². The molecule has 1 amide bonds. The standard InChI is InChI=1S/C16H13N3O3/c17-15(20)11-3-1-10(2-4-11)9-19-14-6-5-12(16(21)22)7-13(14)8-18-19/h1-8H,9H2,(H2,17,20)(H,21,22). The summed E-state index contributed by atoms with van der Waals surface area (Å²) in [5.74, 6) is -1.42. The molecule has 3 rings (SSSR count). The van der Waals surface area contributed by atoms with Crippen LogP contribution in [-0.4, -0.2) is 26.8 Å². The van der Waals surface area contributed by atoms with E-state index in [0.717, 1.165) is 16.5 Å². The van der Waals surface area contributed by atoms with Gasteiger partial charge in [-0.25, -0.2) is 4.79 Å². The Hall–Kier alpha value is -3.15. The molecule has 0 saturated heterocycles. The highest BCUT2D eigenvalue weighted by Crippen LogP contribution is 2.17. The number of nitrogens with zero attached hydrogens (tertiary/aromatic N) is 2. The molecule has 0 unspecified atom stereocenters. The highest BCUT2D eigenvalue weighted by atomic mass is 16.4. The van der Waals surface area contributed by atoms with E-state index in [-0.39, 0.29) is 5.56 Å². The van der Waals surface area contributed by atoms with E-state index in [0.29, 0.717) is 12.1 Å². The van der Waals surface area contributed by atoms with Gasteiger partial charge in [0.2, 0.25) is 5.91 Å². The second-order valence-corrected chi connectivity index (χ2v) is 4.94. The molecule has 0 aliphatic rings. The average molecular weight is 295 g/mol. The first-order valence-electron chi connectivity index (χ1n) is 6.62. The van der Waals surface area contributed by atoms with Crippen LogP contribution in [0, 0.1) is 0 Å². The summed E-state index contributed by atoms with van der Waals surface area (Å²) in [6, 6.07) is 11.9. The molecule has 1 aromatic heterocycles. The summed E-state index contributed by atoms with van der Waals surface area (Å²) in [5, 5.41) is 14.0. The zero-order valence-electron chi connectivity index (χ0n) is 11.6. The van der Waals surface area contributed by atoms with Gasteiger partial charge in [0.1, 0.15) is 0 Å².